The predicted molar refractivity (Wildman–Crippen MR) is 92.7 cm³/mol. The third-order valence-corrected chi connectivity index (χ3v) is 4.30. The van der Waals surface area contributed by atoms with Gasteiger partial charge in [-0.1, -0.05) is 29.4 Å². The summed E-state index contributed by atoms with van der Waals surface area (Å²) in [6.45, 7) is 0.380. The van der Waals surface area contributed by atoms with Crippen LogP contribution in [-0.2, 0) is 6.54 Å². The fourth-order valence-corrected chi connectivity index (χ4v) is 2.91. The molecule has 3 rings (SSSR count). The number of ether oxygens (including phenoxy) is 1. The van der Waals surface area contributed by atoms with E-state index in [2.05, 4.69) is 9.97 Å². The molecule has 0 aliphatic heterocycles. The molecule has 0 amide bonds. The summed E-state index contributed by atoms with van der Waals surface area (Å²) in [5, 5.41) is 1.96. The zero-order valence-electron chi connectivity index (χ0n) is 12.6. The zero-order valence-corrected chi connectivity index (χ0v) is 14.2. The maximum atomic E-state index is 12.3. The number of hydrogen-bond donors (Lipinski definition) is 0. The lowest BCUT2D eigenvalue weighted by Gasteiger charge is -2.11. The van der Waals surface area contributed by atoms with E-state index in [9.17, 15) is 4.79 Å². The van der Waals surface area contributed by atoms with Crippen molar-refractivity contribution in [1.29, 1.82) is 0 Å². The number of halogens is 1. The second-order valence-electron chi connectivity index (χ2n) is 4.86. The standard InChI is InChI=1S/C16H14ClN3O2S/c1-22-13-5-3-10(7-12(13)17)9-20-14(21)6-4-11-8-18-16(23-2)19-15(11)20/h3-8H,9H2,1-2H3. The van der Waals surface area contributed by atoms with Crippen molar-refractivity contribution in [3.05, 3.63) is 57.5 Å². The Kier molecular flexibility index (Phi) is 4.54. The Labute approximate surface area is 142 Å². The first-order valence-electron chi connectivity index (χ1n) is 6.85. The topological polar surface area (TPSA) is 57.0 Å². The van der Waals surface area contributed by atoms with Crippen LogP contribution in [0.2, 0.25) is 5.02 Å². The van der Waals surface area contributed by atoms with Gasteiger partial charge in [0, 0.05) is 17.6 Å². The summed E-state index contributed by atoms with van der Waals surface area (Å²) in [6, 6.07) is 8.72. The Morgan fingerprint density at radius 3 is 2.83 bits per heavy atom. The third kappa shape index (κ3) is 3.18. The molecule has 5 nitrogen and oxygen atoms in total. The van der Waals surface area contributed by atoms with Crippen LogP contribution in [0.15, 0.2) is 46.5 Å². The van der Waals surface area contributed by atoms with Crippen LogP contribution in [0.3, 0.4) is 0 Å². The summed E-state index contributed by atoms with van der Waals surface area (Å²) in [4.78, 5) is 21.0. The van der Waals surface area contributed by atoms with Gasteiger partial charge in [-0.3, -0.25) is 9.36 Å². The molecule has 0 aliphatic rings. The van der Waals surface area contributed by atoms with E-state index in [1.54, 1.807) is 36.1 Å². The van der Waals surface area contributed by atoms with Crippen LogP contribution < -0.4 is 10.3 Å². The summed E-state index contributed by atoms with van der Waals surface area (Å²) in [6.07, 6.45) is 3.63. The molecule has 2 aromatic heterocycles. The monoisotopic (exact) mass is 347 g/mol. The minimum atomic E-state index is -0.116. The number of benzene rings is 1. The molecule has 0 fully saturated rings. The summed E-state index contributed by atoms with van der Waals surface area (Å²) in [7, 11) is 1.57. The van der Waals surface area contributed by atoms with Gasteiger partial charge in [-0.25, -0.2) is 9.97 Å². The fraction of sp³-hybridized carbons (Fsp3) is 0.188. The quantitative estimate of drug-likeness (QED) is 0.535. The van der Waals surface area contributed by atoms with Crippen molar-refractivity contribution in [2.24, 2.45) is 0 Å². The van der Waals surface area contributed by atoms with E-state index < -0.39 is 0 Å². The Morgan fingerprint density at radius 2 is 2.13 bits per heavy atom. The average Bonchev–Trinajstić information content (AvgIpc) is 2.57. The Bertz CT molecular complexity index is 927. The van der Waals surface area contributed by atoms with Crippen LogP contribution in [0, 0.1) is 0 Å². The number of thioether (sulfide) groups is 1. The molecule has 0 spiro atoms. The first kappa shape index (κ1) is 15.8. The molecule has 3 aromatic rings. The lowest BCUT2D eigenvalue weighted by atomic mass is 10.2. The molecule has 0 bridgehead atoms. The van der Waals surface area contributed by atoms with Crippen LogP contribution in [0.4, 0.5) is 0 Å². The molecule has 0 N–H and O–H groups in total. The molecule has 23 heavy (non-hydrogen) atoms. The molecule has 0 atom stereocenters. The van der Waals surface area contributed by atoms with Gasteiger partial charge >= 0.3 is 0 Å². The van der Waals surface area contributed by atoms with E-state index >= 15 is 0 Å². The van der Waals surface area contributed by atoms with Gasteiger partial charge in [0.1, 0.15) is 11.4 Å². The Morgan fingerprint density at radius 1 is 1.30 bits per heavy atom. The molecular formula is C16H14ClN3O2S. The van der Waals surface area contributed by atoms with Crippen molar-refractivity contribution in [3.63, 3.8) is 0 Å². The fourth-order valence-electron chi connectivity index (χ4n) is 2.30. The van der Waals surface area contributed by atoms with Crippen molar-refractivity contribution in [3.8, 4) is 5.75 Å². The normalized spacial score (nSPS) is 10.9. The summed E-state index contributed by atoms with van der Waals surface area (Å²) in [5.41, 5.74) is 1.40. The number of methoxy groups -OCH3 is 1. The second kappa shape index (κ2) is 6.60. The van der Waals surface area contributed by atoms with E-state index in [4.69, 9.17) is 16.3 Å². The van der Waals surface area contributed by atoms with Crippen molar-refractivity contribution in [2.45, 2.75) is 11.7 Å². The molecule has 2 heterocycles. The highest BCUT2D eigenvalue weighted by Crippen LogP contribution is 2.25. The van der Waals surface area contributed by atoms with Gasteiger partial charge in [0.25, 0.3) is 5.56 Å². The number of fused-ring (bicyclic) bond motifs is 1. The summed E-state index contributed by atoms with van der Waals surface area (Å²) in [5.74, 6) is 0.604. The van der Waals surface area contributed by atoms with E-state index in [1.165, 1.54) is 17.8 Å². The van der Waals surface area contributed by atoms with Crippen LogP contribution in [-0.4, -0.2) is 27.9 Å². The maximum Gasteiger partial charge on any atom is 0.252 e. The number of hydrogen-bond acceptors (Lipinski definition) is 5. The molecule has 0 aliphatic carbocycles. The number of rotatable bonds is 4. The summed E-state index contributed by atoms with van der Waals surface area (Å²) >= 11 is 7.60. The first-order valence-corrected chi connectivity index (χ1v) is 8.45. The highest BCUT2D eigenvalue weighted by Gasteiger charge is 2.09. The van der Waals surface area contributed by atoms with Gasteiger partial charge in [-0.05, 0) is 30.0 Å². The van der Waals surface area contributed by atoms with E-state index in [0.717, 1.165) is 10.9 Å². The molecule has 1 aromatic carbocycles. The first-order chi connectivity index (χ1) is 11.1. The van der Waals surface area contributed by atoms with Gasteiger partial charge in [0.05, 0.1) is 18.7 Å². The van der Waals surface area contributed by atoms with Gasteiger partial charge < -0.3 is 4.74 Å². The van der Waals surface area contributed by atoms with E-state index in [1.807, 2.05) is 12.3 Å². The van der Waals surface area contributed by atoms with Crippen molar-refractivity contribution in [1.82, 2.24) is 14.5 Å². The van der Waals surface area contributed by atoms with Gasteiger partial charge in [-0.2, -0.15) is 0 Å². The lowest BCUT2D eigenvalue weighted by Crippen LogP contribution is -2.21. The maximum absolute atomic E-state index is 12.3. The van der Waals surface area contributed by atoms with Crippen molar-refractivity contribution >= 4 is 34.4 Å². The highest BCUT2D eigenvalue weighted by atomic mass is 35.5. The Hall–Kier alpha value is -2.05. The summed E-state index contributed by atoms with van der Waals surface area (Å²) < 4.78 is 6.77. The second-order valence-corrected chi connectivity index (χ2v) is 6.04. The molecule has 0 unspecified atom stereocenters. The minimum Gasteiger partial charge on any atom is -0.495 e. The molecule has 118 valence electrons. The zero-order chi connectivity index (χ0) is 16.4. The van der Waals surface area contributed by atoms with Crippen LogP contribution >= 0.6 is 23.4 Å². The smallest absolute Gasteiger partial charge is 0.252 e. The van der Waals surface area contributed by atoms with Crippen molar-refractivity contribution < 1.29 is 4.74 Å². The van der Waals surface area contributed by atoms with Crippen molar-refractivity contribution in [2.75, 3.05) is 13.4 Å². The highest BCUT2D eigenvalue weighted by molar-refractivity contribution is 7.98. The van der Waals surface area contributed by atoms with Crippen LogP contribution in [0.25, 0.3) is 11.0 Å². The van der Waals surface area contributed by atoms with E-state index in [-0.39, 0.29) is 5.56 Å². The predicted octanol–water partition coefficient (Wildman–Crippen LogP) is 3.22. The molecule has 0 saturated heterocycles. The number of pyridine rings is 1. The molecule has 0 saturated carbocycles. The van der Waals surface area contributed by atoms with E-state index in [0.29, 0.717) is 28.1 Å². The largest absolute Gasteiger partial charge is 0.495 e. The minimum absolute atomic E-state index is 0.116. The SMILES string of the molecule is COc1ccc(Cn2c(=O)ccc3cnc(SC)nc32)cc1Cl. The van der Waals surface area contributed by atoms with Gasteiger partial charge in [-0.15, -0.1) is 0 Å². The number of aromatic nitrogens is 3. The van der Waals surface area contributed by atoms with Crippen LogP contribution in [0.1, 0.15) is 5.56 Å². The van der Waals surface area contributed by atoms with Crippen LogP contribution in [0.5, 0.6) is 5.75 Å². The Balaban J connectivity index is 2.10. The number of nitrogens with zero attached hydrogens (tertiary/aromatic N) is 3. The van der Waals surface area contributed by atoms with Gasteiger partial charge in [0.15, 0.2) is 5.16 Å². The lowest BCUT2D eigenvalue weighted by molar-refractivity contribution is 0.415. The molecule has 0 radical (unpaired) electrons. The molecular weight excluding hydrogens is 334 g/mol. The average molecular weight is 348 g/mol. The third-order valence-electron chi connectivity index (χ3n) is 3.44. The molecule has 7 heteroatoms. The van der Waals surface area contributed by atoms with Gasteiger partial charge in [0.2, 0.25) is 0 Å².